The van der Waals surface area contributed by atoms with Crippen molar-refractivity contribution in [1.82, 2.24) is 4.90 Å². The molecule has 2 aromatic carbocycles. The van der Waals surface area contributed by atoms with Crippen molar-refractivity contribution < 1.29 is 14.3 Å². The molecule has 2 aromatic rings. The zero-order valence-electron chi connectivity index (χ0n) is 12.9. The molecule has 4 heteroatoms. The van der Waals surface area contributed by atoms with Gasteiger partial charge >= 0.3 is 0 Å². The summed E-state index contributed by atoms with van der Waals surface area (Å²) in [5.74, 6) is 0.450. The molecule has 0 aliphatic carbocycles. The average Bonchev–Trinajstić information content (AvgIpc) is 2.56. The molecular weight excluding hydrogens is 293 g/mol. The lowest BCUT2D eigenvalue weighted by Gasteiger charge is -2.32. The molecule has 1 fully saturated rings. The van der Waals surface area contributed by atoms with Crippen molar-refractivity contribution in [3.05, 3.63) is 65.5 Å². The van der Waals surface area contributed by atoms with Crippen LogP contribution in [0.1, 0.15) is 29.9 Å². The maximum Gasteiger partial charge on any atom is 0.226 e. The molecule has 1 amide bonds. The molecule has 1 aliphatic heterocycles. The summed E-state index contributed by atoms with van der Waals surface area (Å²) >= 11 is 0. The molecule has 0 spiro atoms. The fraction of sp³-hybridized carbons (Fsp3) is 0.316. The Bertz CT molecular complexity index is 676. The number of amides is 1. The van der Waals surface area contributed by atoms with Gasteiger partial charge < -0.3 is 10.0 Å². The molecule has 0 unspecified atom stereocenters. The van der Waals surface area contributed by atoms with Crippen molar-refractivity contribution in [1.29, 1.82) is 0 Å². The second-order valence-electron chi connectivity index (χ2n) is 6.05. The predicted octanol–water partition coefficient (Wildman–Crippen LogP) is 3.48. The number of halogens is 1. The Balaban J connectivity index is 1.56. The van der Waals surface area contributed by atoms with Crippen molar-refractivity contribution in [2.75, 3.05) is 13.1 Å². The first kappa shape index (κ1) is 15.5. The molecular formula is C19H20FNO2. The normalized spacial score (nSPS) is 15.6. The number of aromatic hydroxyl groups is 1. The van der Waals surface area contributed by atoms with E-state index in [1.54, 1.807) is 24.3 Å². The summed E-state index contributed by atoms with van der Waals surface area (Å²) in [6.45, 7) is 1.44. The van der Waals surface area contributed by atoms with Gasteiger partial charge in [-0.2, -0.15) is 0 Å². The second-order valence-corrected chi connectivity index (χ2v) is 6.05. The molecule has 23 heavy (non-hydrogen) atoms. The predicted molar refractivity (Wildman–Crippen MR) is 86.8 cm³/mol. The van der Waals surface area contributed by atoms with Crippen LogP contribution in [0, 0.1) is 5.82 Å². The summed E-state index contributed by atoms with van der Waals surface area (Å²) in [6.07, 6.45) is 2.08. The molecule has 0 aromatic heterocycles. The van der Waals surface area contributed by atoms with Crippen LogP contribution < -0.4 is 0 Å². The zero-order chi connectivity index (χ0) is 16.2. The highest BCUT2D eigenvalue weighted by atomic mass is 19.1. The topological polar surface area (TPSA) is 40.5 Å². The lowest BCUT2D eigenvalue weighted by atomic mass is 9.89. The number of phenols is 1. The highest BCUT2D eigenvalue weighted by Crippen LogP contribution is 2.29. The summed E-state index contributed by atoms with van der Waals surface area (Å²) in [5.41, 5.74) is 1.93. The molecule has 1 heterocycles. The SMILES string of the molecule is O=C(Cc1cccc(F)c1)N1CCC(c2ccc(O)cc2)CC1. The molecule has 3 nitrogen and oxygen atoms in total. The number of likely N-dealkylation sites (tertiary alicyclic amines) is 1. The average molecular weight is 313 g/mol. The smallest absolute Gasteiger partial charge is 0.226 e. The first-order chi connectivity index (χ1) is 11.1. The van der Waals surface area contributed by atoms with Gasteiger partial charge in [-0.3, -0.25) is 4.79 Å². The Kier molecular flexibility index (Phi) is 4.60. The Hall–Kier alpha value is -2.36. The number of carbonyl (C=O) groups excluding carboxylic acids is 1. The van der Waals surface area contributed by atoms with Gasteiger partial charge in [0.15, 0.2) is 0 Å². The van der Waals surface area contributed by atoms with Crippen LogP contribution in [0.5, 0.6) is 5.75 Å². The van der Waals surface area contributed by atoms with Crippen molar-refractivity contribution in [3.63, 3.8) is 0 Å². The minimum atomic E-state index is -0.304. The lowest BCUT2D eigenvalue weighted by Crippen LogP contribution is -2.38. The van der Waals surface area contributed by atoms with E-state index >= 15 is 0 Å². The first-order valence-corrected chi connectivity index (χ1v) is 7.93. The number of benzene rings is 2. The maximum absolute atomic E-state index is 13.2. The summed E-state index contributed by atoms with van der Waals surface area (Å²) in [4.78, 5) is 14.2. The van der Waals surface area contributed by atoms with Crippen molar-refractivity contribution in [3.8, 4) is 5.75 Å². The minimum Gasteiger partial charge on any atom is -0.508 e. The minimum absolute atomic E-state index is 0.0553. The largest absolute Gasteiger partial charge is 0.508 e. The molecule has 1 saturated heterocycles. The van der Waals surface area contributed by atoms with Crippen LogP contribution >= 0.6 is 0 Å². The van der Waals surface area contributed by atoms with Crippen molar-refractivity contribution in [2.45, 2.75) is 25.2 Å². The van der Waals surface area contributed by atoms with E-state index in [1.165, 1.54) is 17.7 Å². The van der Waals surface area contributed by atoms with Crippen molar-refractivity contribution >= 4 is 5.91 Å². The fourth-order valence-corrected chi connectivity index (χ4v) is 3.14. The van der Waals surface area contributed by atoms with Gasteiger partial charge in [0.2, 0.25) is 5.91 Å². The van der Waals surface area contributed by atoms with Crippen LogP contribution in [-0.4, -0.2) is 29.0 Å². The van der Waals surface area contributed by atoms with E-state index in [4.69, 9.17) is 0 Å². The number of rotatable bonds is 3. The third kappa shape index (κ3) is 3.89. The Morgan fingerprint density at radius 3 is 2.48 bits per heavy atom. The van der Waals surface area contributed by atoms with Crippen LogP contribution in [0.3, 0.4) is 0 Å². The molecule has 0 radical (unpaired) electrons. The third-order valence-electron chi connectivity index (χ3n) is 4.46. The Morgan fingerprint density at radius 2 is 1.83 bits per heavy atom. The summed E-state index contributed by atoms with van der Waals surface area (Å²) in [6, 6.07) is 13.5. The Morgan fingerprint density at radius 1 is 1.13 bits per heavy atom. The molecule has 0 atom stereocenters. The summed E-state index contributed by atoms with van der Waals surface area (Å²) in [7, 11) is 0. The van der Waals surface area contributed by atoms with E-state index in [9.17, 15) is 14.3 Å². The van der Waals surface area contributed by atoms with E-state index in [-0.39, 0.29) is 23.9 Å². The number of nitrogens with zero attached hydrogens (tertiary/aromatic N) is 1. The van der Waals surface area contributed by atoms with Gasteiger partial charge in [-0.25, -0.2) is 4.39 Å². The van der Waals surface area contributed by atoms with Gasteiger partial charge in [0.05, 0.1) is 6.42 Å². The molecule has 0 saturated carbocycles. The number of hydrogen-bond donors (Lipinski definition) is 1. The molecule has 120 valence electrons. The highest BCUT2D eigenvalue weighted by molar-refractivity contribution is 5.78. The zero-order valence-corrected chi connectivity index (χ0v) is 12.9. The fourth-order valence-electron chi connectivity index (χ4n) is 3.14. The van der Waals surface area contributed by atoms with Gasteiger partial charge in [-0.05, 0) is 54.2 Å². The van der Waals surface area contributed by atoms with Gasteiger partial charge in [0.25, 0.3) is 0 Å². The van der Waals surface area contributed by atoms with E-state index in [2.05, 4.69) is 0 Å². The van der Waals surface area contributed by atoms with Gasteiger partial charge in [-0.1, -0.05) is 24.3 Å². The number of piperidine rings is 1. The van der Waals surface area contributed by atoms with Crippen LogP contribution in [0.25, 0.3) is 0 Å². The maximum atomic E-state index is 13.2. The van der Waals surface area contributed by atoms with E-state index in [0.29, 0.717) is 5.92 Å². The van der Waals surface area contributed by atoms with Gasteiger partial charge in [0, 0.05) is 13.1 Å². The van der Waals surface area contributed by atoms with Crippen LogP contribution in [0.4, 0.5) is 4.39 Å². The first-order valence-electron chi connectivity index (χ1n) is 7.93. The van der Waals surface area contributed by atoms with Gasteiger partial charge in [-0.15, -0.1) is 0 Å². The third-order valence-corrected chi connectivity index (χ3v) is 4.46. The number of phenolic OH excluding ortho intramolecular Hbond substituents is 1. The molecule has 1 aliphatic rings. The summed E-state index contributed by atoms with van der Waals surface area (Å²) < 4.78 is 13.2. The lowest BCUT2D eigenvalue weighted by molar-refractivity contribution is -0.131. The van der Waals surface area contributed by atoms with E-state index < -0.39 is 0 Å². The van der Waals surface area contributed by atoms with Gasteiger partial charge in [0.1, 0.15) is 11.6 Å². The van der Waals surface area contributed by atoms with Crippen LogP contribution in [-0.2, 0) is 11.2 Å². The summed E-state index contributed by atoms with van der Waals surface area (Å²) in [5, 5.41) is 9.35. The van der Waals surface area contributed by atoms with Crippen LogP contribution in [0.2, 0.25) is 0 Å². The van der Waals surface area contributed by atoms with E-state index in [0.717, 1.165) is 31.5 Å². The number of hydrogen-bond acceptors (Lipinski definition) is 2. The molecule has 0 bridgehead atoms. The Labute approximate surface area is 135 Å². The number of carbonyl (C=O) groups is 1. The molecule has 3 rings (SSSR count). The van der Waals surface area contributed by atoms with E-state index in [1.807, 2.05) is 17.0 Å². The standard InChI is InChI=1S/C19H20FNO2/c20-17-3-1-2-14(12-17)13-19(23)21-10-8-16(9-11-21)15-4-6-18(22)7-5-15/h1-7,12,16,22H,8-11,13H2. The van der Waals surface area contributed by atoms with Crippen molar-refractivity contribution in [2.24, 2.45) is 0 Å². The highest BCUT2D eigenvalue weighted by Gasteiger charge is 2.23. The second kappa shape index (κ2) is 6.82. The molecule has 1 N–H and O–H groups in total. The monoisotopic (exact) mass is 313 g/mol. The van der Waals surface area contributed by atoms with Crippen LogP contribution in [0.15, 0.2) is 48.5 Å². The quantitative estimate of drug-likeness (QED) is 0.942.